The maximum absolute atomic E-state index is 12.2. The van der Waals surface area contributed by atoms with Gasteiger partial charge in [-0.1, -0.05) is 20.8 Å². The van der Waals surface area contributed by atoms with Gasteiger partial charge in [-0.3, -0.25) is 9.89 Å². The number of carbonyl (C=O) groups is 1. The number of carbonyl (C=O) groups excluding carboxylic acids is 1. The van der Waals surface area contributed by atoms with E-state index in [-0.39, 0.29) is 11.3 Å². The Morgan fingerprint density at radius 3 is 2.65 bits per heavy atom. The molecule has 106 valence electrons. The SMILES string of the molecule is CC(C)(C)c1cc(NC(=O)c2cc(N)ccc2Br)n[nH]1. The Balaban J connectivity index is 2.20. The normalized spacial score (nSPS) is 11.4. The van der Waals surface area contributed by atoms with E-state index in [1.54, 1.807) is 18.2 Å². The first-order valence-electron chi connectivity index (χ1n) is 6.19. The quantitative estimate of drug-likeness (QED) is 0.735. The fourth-order valence-electron chi connectivity index (χ4n) is 1.67. The van der Waals surface area contributed by atoms with Crippen molar-refractivity contribution in [1.29, 1.82) is 0 Å². The van der Waals surface area contributed by atoms with Gasteiger partial charge >= 0.3 is 0 Å². The highest BCUT2D eigenvalue weighted by molar-refractivity contribution is 9.10. The summed E-state index contributed by atoms with van der Waals surface area (Å²) in [6.45, 7) is 6.21. The molecule has 2 aromatic rings. The minimum Gasteiger partial charge on any atom is -0.399 e. The highest BCUT2D eigenvalue weighted by Crippen LogP contribution is 2.23. The molecule has 0 bridgehead atoms. The van der Waals surface area contributed by atoms with Crippen LogP contribution in [-0.4, -0.2) is 16.1 Å². The third-order valence-corrected chi connectivity index (χ3v) is 3.55. The molecule has 2 rings (SSSR count). The van der Waals surface area contributed by atoms with E-state index in [0.29, 0.717) is 21.5 Å². The average Bonchev–Trinajstić information content (AvgIpc) is 2.80. The van der Waals surface area contributed by atoms with Crippen LogP contribution in [0.2, 0.25) is 0 Å². The summed E-state index contributed by atoms with van der Waals surface area (Å²) in [5.74, 6) is 0.241. The van der Waals surface area contributed by atoms with Crippen molar-refractivity contribution in [2.24, 2.45) is 0 Å². The minimum absolute atomic E-state index is 0.0479. The highest BCUT2D eigenvalue weighted by Gasteiger charge is 2.18. The van der Waals surface area contributed by atoms with Crippen molar-refractivity contribution in [2.75, 3.05) is 11.1 Å². The van der Waals surface area contributed by atoms with Crippen LogP contribution < -0.4 is 11.1 Å². The molecule has 1 aromatic carbocycles. The van der Waals surface area contributed by atoms with Gasteiger partial charge in [-0.05, 0) is 34.1 Å². The first-order chi connectivity index (χ1) is 9.27. The van der Waals surface area contributed by atoms with Gasteiger partial charge in [0.1, 0.15) is 0 Å². The van der Waals surface area contributed by atoms with Crippen molar-refractivity contribution in [3.05, 3.63) is 40.0 Å². The zero-order valence-corrected chi connectivity index (χ0v) is 13.2. The number of benzene rings is 1. The van der Waals surface area contributed by atoms with Crippen molar-refractivity contribution in [3.63, 3.8) is 0 Å². The molecule has 0 fully saturated rings. The van der Waals surface area contributed by atoms with Gasteiger partial charge < -0.3 is 11.1 Å². The number of hydrogen-bond donors (Lipinski definition) is 3. The molecule has 20 heavy (non-hydrogen) atoms. The van der Waals surface area contributed by atoms with Crippen molar-refractivity contribution >= 4 is 33.3 Å². The number of aromatic amines is 1. The number of hydrogen-bond acceptors (Lipinski definition) is 3. The number of anilines is 2. The summed E-state index contributed by atoms with van der Waals surface area (Å²) in [7, 11) is 0. The maximum atomic E-state index is 12.2. The molecule has 0 spiro atoms. The number of amides is 1. The molecule has 0 radical (unpaired) electrons. The smallest absolute Gasteiger partial charge is 0.258 e. The molecular weight excluding hydrogens is 320 g/mol. The van der Waals surface area contributed by atoms with Crippen LogP contribution in [0.3, 0.4) is 0 Å². The fourth-order valence-corrected chi connectivity index (χ4v) is 2.10. The Morgan fingerprint density at radius 1 is 1.35 bits per heavy atom. The second kappa shape index (κ2) is 5.28. The summed E-state index contributed by atoms with van der Waals surface area (Å²) >= 11 is 3.34. The molecule has 0 saturated heterocycles. The van der Waals surface area contributed by atoms with Gasteiger partial charge in [-0.15, -0.1) is 0 Å². The van der Waals surface area contributed by atoms with Crippen LogP contribution in [0.15, 0.2) is 28.7 Å². The number of nitrogens with zero attached hydrogens (tertiary/aromatic N) is 1. The number of halogens is 1. The Labute approximate surface area is 126 Å². The Bertz CT molecular complexity index is 643. The van der Waals surface area contributed by atoms with Crippen LogP contribution in [0.4, 0.5) is 11.5 Å². The van der Waals surface area contributed by atoms with Gasteiger partial charge in [-0.25, -0.2) is 0 Å². The lowest BCUT2D eigenvalue weighted by atomic mass is 9.92. The molecule has 1 aromatic heterocycles. The maximum Gasteiger partial charge on any atom is 0.258 e. The lowest BCUT2D eigenvalue weighted by Crippen LogP contribution is -2.13. The van der Waals surface area contributed by atoms with Gasteiger partial charge in [0.05, 0.1) is 5.56 Å². The zero-order chi connectivity index (χ0) is 14.9. The van der Waals surface area contributed by atoms with E-state index in [1.807, 2.05) is 6.07 Å². The fraction of sp³-hybridized carbons (Fsp3) is 0.286. The summed E-state index contributed by atoms with van der Waals surface area (Å²) < 4.78 is 0.691. The third kappa shape index (κ3) is 3.19. The first-order valence-corrected chi connectivity index (χ1v) is 6.99. The summed E-state index contributed by atoms with van der Waals surface area (Å²) in [5, 5.41) is 9.78. The Hall–Kier alpha value is -1.82. The summed E-state index contributed by atoms with van der Waals surface area (Å²) in [6, 6.07) is 6.93. The van der Waals surface area contributed by atoms with Gasteiger partial charge in [-0.2, -0.15) is 5.10 Å². The second-order valence-electron chi connectivity index (χ2n) is 5.61. The van der Waals surface area contributed by atoms with E-state index < -0.39 is 0 Å². The molecule has 0 aliphatic rings. The Morgan fingerprint density at radius 2 is 2.05 bits per heavy atom. The van der Waals surface area contributed by atoms with Crippen molar-refractivity contribution in [3.8, 4) is 0 Å². The Kier molecular flexibility index (Phi) is 3.85. The molecule has 5 nitrogen and oxygen atoms in total. The van der Waals surface area contributed by atoms with Gasteiger partial charge in [0.25, 0.3) is 5.91 Å². The van der Waals surface area contributed by atoms with Gasteiger partial charge in [0, 0.05) is 27.3 Å². The molecule has 4 N–H and O–H groups in total. The van der Waals surface area contributed by atoms with Crippen LogP contribution >= 0.6 is 15.9 Å². The summed E-state index contributed by atoms with van der Waals surface area (Å²) in [5.41, 5.74) is 7.62. The second-order valence-corrected chi connectivity index (χ2v) is 6.46. The zero-order valence-electron chi connectivity index (χ0n) is 11.6. The topological polar surface area (TPSA) is 83.8 Å². The van der Waals surface area contributed by atoms with Gasteiger partial charge in [0.15, 0.2) is 5.82 Å². The molecule has 1 amide bonds. The van der Waals surface area contributed by atoms with E-state index in [4.69, 9.17) is 5.73 Å². The van der Waals surface area contributed by atoms with Gasteiger partial charge in [0.2, 0.25) is 0 Å². The number of nitrogen functional groups attached to an aromatic ring is 1. The van der Waals surface area contributed by atoms with E-state index in [1.165, 1.54) is 0 Å². The molecule has 0 atom stereocenters. The van der Waals surface area contributed by atoms with Crippen molar-refractivity contribution < 1.29 is 4.79 Å². The molecular formula is C14H17BrN4O. The van der Waals surface area contributed by atoms with Crippen LogP contribution in [0.25, 0.3) is 0 Å². The van der Waals surface area contributed by atoms with E-state index in [0.717, 1.165) is 5.69 Å². The van der Waals surface area contributed by atoms with Crippen LogP contribution in [0.5, 0.6) is 0 Å². The highest BCUT2D eigenvalue weighted by atomic mass is 79.9. The molecule has 0 aliphatic heterocycles. The number of aromatic nitrogens is 2. The predicted molar refractivity (Wildman–Crippen MR) is 83.8 cm³/mol. The monoisotopic (exact) mass is 336 g/mol. The average molecular weight is 337 g/mol. The largest absolute Gasteiger partial charge is 0.399 e. The van der Waals surface area contributed by atoms with E-state index in [9.17, 15) is 4.79 Å². The molecule has 6 heteroatoms. The van der Waals surface area contributed by atoms with Crippen LogP contribution in [-0.2, 0) is 5.41 Å². The minimum atomic E-state index is -0.254. The van der Waals surface area contributed by atoms with Crippen molar-refractivity contribution in [2.45, 2.75) is 26.2 Å². The number of nitrogens with one attached hydrogen (secondary N) is 2. The first kappa shape index (κ1) is 14.6. The standard InChI is InChI=1S/C14H17BrN4O/c1-14(2,3)11-7-12(19-18-11)17-13(20)9-6-8(16)4-5-10(9)15/h4-7H,16H2,1-3H3,(H2,17,18,19,20). The number of rotatable bonds is 2. The number of H-pyrrole nitrogens is 1. The van der Waals surface area contributed by atoms with Crippen molar-refractivity contribution in [1.82, 2.24) is 10.2 Å². The van der Waals surface area contributed by atoms with Crippen LogP contribution in [0, 0.1) is 0 Å². The summed E-state index contributed by atoms with van der Waals surface area (Å²) in [4.78, 5) is 12.2. The van der Waals surface area contributed by atoms with E-state index >= 15 is 0 Å². The summed E-state index contributed by atoms with van der Waals surface area (Å²) in [6.07, 6.45) is 0. The predicted octanol–water partition coefficient (Wildman–Crippen LogP) is 3.30. The number of nitrogens with two attached hydrogens (primary N) is 1. The molecule has 0 saturated carbocycles. The molecule has 0 unspecified atom stereocenters. The van der Waals surface area contributed by atoms with E-state index in [2.05, 4.69) is 52.2 Å². The van der Waals surface area contributed by atoms with Crippen LogP contribution in [0.1, 0.15) is 36.8 Å². The lowest BCUT2D eigenvalue weighted by Gasteiger charge is -2.14. The molecule has 0 aliphatic carbocycles. The molecule has 1 heterocycles. The lowest BCUT2D eigenvalue weighted by molar-refractivity contribution is 0.102. The third-order valence-electron chi connectivity index (χ3n) is 2.86.